The molecule has 4 nitrogen and oxygen atoms in total. The molecule has 0 spiro atoms. The molecular weight excluding hydrogens is 305 g/mol. The molecule has 0 fully saturated rings. The Morgan fingerprint density at radius 3 is 2.41 bits per heavy atom. The third-order valence-electron chi connectivity index (χ3n) is 3.59. The normalized spacial score (nSPS) is 14.9. The highest BCUT2D eigenvalue weighted by molar-refractivity contribution is 7.10. The maximum Gasteiger partial charge on any atom is 0.333 e. The lowest BCUT2D eigenvalue weighted by molar-refractivity contribution is -0.147. The van der Waals surface area contributed by atoms with Crippen molar-refractivity contribution in [2.45, 2.75) is 25.3 Å². The second kappa shape index (κ2) is 6.27. The monoisotopic (exact) mass is 321 g/mol. The molecule has 0 radical (unpaired) electrons. The van der Waals surface area contributed by atoms with E-state index in [9.17, 15) is 19.1 Å². The van der Waals surface area contributed by atoms with Crippen molar-refractivity contribution in [1.82, 2.24) is 5.32 Å². The highest BCUT2D eigenvalue weighted by Gasteiger charge is 2.38. The molecule has 2 aromatic rings. The van der Waals surface area contributed by atoms with Gasteiger partial charge in [-0.05, 0) is 43.0 Å². The van der Waals surface area contributed by atoms with E-state index in [0.29, 0.717) is 5.56 Å². The summed E-state index contributed by atoms with van der Waals surface area (Å²) in [6.07, 6.45) is 0. The van der Waals surface area contributed by atoms with Gasteiger partial charge >= 0.3 is 5.97 Å². The number of amides is 1. The molecule has 0 saturated carbocycles. The second-order valence-corrected chi connectivity index (χ2v) is 6.14. The molecular formula is C16H16FNO3S. The molecule has 0 bridgehead atoms. The molecule has 116 valence electrons. The summed E-state index contributed by atoms with van der Waals surface area (Å²) in [4.78, 5) is 24.9. The lowest BCUT2D eigenvalue weighted by Crippen LogP contribution is -2.50. The quantitative estimate of drug-likeness (QED) is 0.889. The summed E-state index contributed by atoms with van der Waals surface area (Å²) in [5, 5.41) is 13.9. The number of hydrogen-bond donors (Lipinski definition) is 2. The Morgan fingerprint density at radius 1 is 1.27 bits per heavy atom. The summed E-state index contributed by atoms with van der Waals surface area (Å²) in [5.74, 6) is -2.52. The number of carboxylic acids is 1. The van der Waals surface area contributed by atoms with E-state index in [1.807, 2.05) is 17.5 Å². The lowest BCUT2D eigenvalue weighted by Gasteiger charge is -2.28. The van der Waals surface area contributed by atoms with Gasteiger partial charge < -0.3 is 10.4 Å². The van der Waals surface area contributed by atoms with Crippen LogP contribution in [0.5, 0.6) is 0 Å². The van der Waals surface area contributed by atoms with Gasteiger partial charge in [-0.2, -0.15) is 0 Å². The Morgan fingerprint density at radius 2 is 1.91 bits per heavy atom. The zero-order valence-corrected chi connectivity index (χ0v) is 13.0. The highest BCUT2D eigenvalue weighted by Crippen LogP contribution is 2.26. The molecule has 22 heavy (non-hydrogen) atoms. The molecule has 0 saturated heterocycles. The third kappa shape index (κ3) is 3.17. The Hall–Kier alpha value is -2.21. The van der Waals surface area contributed by atoms with Crippen LogP contribution in [0.3, 0.4) is 0 Å². The largest absolute Gasteiger partial charge is 0.479 e. The maximum atomic E-state index is 13.0. The SMILES string of the molecule is CC(C(=O)NC(C)(C(=O)O)c1ccc(F)cc1)c1cccs1. The molecule has 0 aliphatic heterocycles. The van der Waals surface area contributed by atoms with Crippen molar-refractivity contribution in [2.75, 3.05) is 0 Å². The van der Waals surface area contributed by atoms with Crippen molar-refractivity contribution >= 4 is 23.2 Å². The smallest absolute Gasteiger partial charge is 0.333 e. The van der Waals surface area contributed by atoms with Crippen LogP contribution < -0.4 is 5.32 Å². The van der Waals surface area contributed by atoms with Gasteiger partial charge in [-0.3, -0.25) is 4.79 Å². The minimum absolute atomic E-state index is 0.313. The predicted molar refractivity (Wildman–Crippen MR) is 82.3 cm³/mol. The fourth-order valence-electron chi connectivity index (χ4n) is 2.05. The summed E-state index contributed by atoms with van der Waals surface area (Å²) >= 11 is 1.43. The van der Waals surface area contributed by atoms with Gasteiger partial charge in [0.15, 0.2) is 5.54 Å². The van der Waals surface area contributed by atoms with Crippen LogP contribution in [-0.4, -0.2) is 17.0 Å². The van der Waals surface area contributed by atoms with Crippen LogP contribution in [0.2, 0.25) is 0 Å². The van der Waals surface area contributed by atoms with Crippen molar-refractivity contribution in [2.24, 2.45) is 0 Å². The number of halogens is 1. The van der Waals surface area contributed by atoms with E-state index >= 15 is 0 Å². The average molecular weight is 321 g/mol. The molecule has 1 amide bonds. The Labute approximate surface area is 131 Å². The van der Waals surface area contributed by atoms with Gasteiger partial charge in [0.05, 0.1) is 5.92 Å². The number of carbonyl (C=O) groups is 2. The van der Waals surface area contributed by atoms with Gasteiger partial charge in [0.2, 0.25) is 5.91 Å². The van der Waals surface area contributed by atoms with E-state index in [1.165, 1.54) is 42.5 Å². The Kier molecular flexibility index (Phi) is 4.61. The molecule has 2 atom stereocenters. The zero-order valence-electron chi connectivity index (χ0n) is 12.2. The lowest BCUT2D eigenvalue weighted by atomic mass is 9.91. The van der Waals surface area contributed by atoms with Gasteiger partial charge in [-0.15, -0.1) is 11.3 Å². The highest BCUT2D eigenvalue weighted by atomic mass is 32.1. The first-order valence-corrected chi connectivity index (χ1v) is 7.57. The third-order valence-corrected chi connectivity index (χ3v) is 4.64. The molecule has 6 heteroatoms. The summed E-state index contributed by atoms with van der Waals surface area (Å²) in [7, 11) is 0. The second-order valence-electron chi connectivity index (χ2n) is 5.16. The van der Waals surface area contributed by atoms with Crippen molar-refractivity contribution in [3.8, 4) is 0 Å². The number of nitrogens with one attached hydrogen (secondary N) is 1. The minimum atomic E-state index is -1.61. The Balaban J connectivity index is 2.27. The molecule has 0 aliphatic carbocycles. The minimum Gasteiger partial charge on any atom is -0.479 e. The van der Waals surface area contributed by atoms with E-state index in [1.54, 1.807) is 6.92 Å². The maximum absolute atomic E-state index is 13.0. The van der Waals surface area contributed by atoms with Crippen molar-refractivity contribution in [1.29, 1.82) is 0 Å². The number of rotatable bonds is 5. The van der Waals surface area contributed by atoms with E-state index in [4.69, 9.17) is 0 Å². The molecule has 2 unspecified atom stereocenters. The number of carbonyl (C=O) groups excluding carboxylic acids is 1. The van der Waals surface area contributed by atoms with Crippen LogP contribution in [0.15, 0.2) is 41.8 Å². The summed E-state index contributed by atoms with van der Waals surface area (Å²) < 4.78 is 13.0. The zero-order chi connectivity index (χ0) is 16.3. The molecule has 0 aliphatic rings. The molecule has 1 heterocycles. The van der Waals surface area contributed by atoms with E-state index in [0.717, 1.165) is 4.88 Å². The first kappa shape index (κ1) is 16.2. The van der Waals surface area contributed by atoms with E-state index in [-0.39, 0.29) is 0 Å². The van der Waals surface area contributed by atoms with Gasteiger partial charge in [0.25, 0.3) is 0 Å². The fraction of sp³-hybridized carbons (Fsp3) is 0.250. The standard InChI is InChI=1S/C16H16FNO3S/c1-10(13-4-3-9-22-13)14(19)18-16(2,15(20)21)11-5-7-12(17)8-6-11/h3-10H,1-2H3,(H,18,19)(H,20,21). The van der Waals surface area contributed by atoms with Crippen LogP contribution in [0.4, 0.5) is 4.39 Å². The number of thiophene rings is 1. The van der Waals surface area contributed by atoms with Gasteiger partial charge in [-0.25, -0.2) is 9.18 Å². The molecule has 1 aromatic heterocycles. The van der Waals surface area contributed by atoms with Crippen molar-refractivity contribution in [3.63, 3.8) is 0 Å². The van der Waals surface area contributed by atoms with Crippen molar-refractivity contribution in [3.05, 3.63) is 58.0 Å². The van der Waals surface area contributed by atoms with E-state index in [2.05, 4.69) is 5.32 Å². The molecule has 2 N–H and O–H groups in total. The number of benzene rings is 1. The topological polar surface area (TPSA) is 66.4 Å². The summed E-state index contributed by atoms with van der Waals surface area (Å²) in [6.45, 7) is 3.11. The van der Waals surface area contributed by atoms with Crippen molar-refractivity contribution < 1.29 is 19.1 Å². The molecule has 2 rings (SSSR count). The number of carboxylic acid groups (broad SMARTS) is 1. The fourth-order valence-corrected chi connectivity index (χ4v) is 2.84. The van der Waals surface area contributed by atoms with Crippen LogP contribution in [-0.2, 0) is 15.1 Å². The first-order chi connectivity index (χ1) is 10.3. The summed E-state index contributed by atoms with van der Waals surface area (Å²) in [6, 6.07) is 8.72. The van der Waals surface area contributed by atoms with Crippen LogP contribution in [0, 0.1) is 5.82 Å². The average Bonchev–Trinajstić information content (AvgIpc) is 3.00. The Bertz CT molecular complexity index is 669. The van der Waals surface area contributed by atoms with Gasteiger partial charge in [0, 0.05) is 4.88 Å². The van der Waals surface area contributed by atoms with Crippen LogP contribution in [0.1, 0.15) is 30.2 Å². The van der Waals surface area contributed by atoms with Crippen LogP contribution in [0.25, 0.3) is 0 Å². The van der Waals surface area contributed by atoms with Crippen LogP contribution >= 0.6 is 11.3 Å². The molecule has 1 aromatic carbocycles. The number of hydrogen-bond acceptors (Lipinski definition) is 3. The summed E-state index contributed by atoms with van der Waals surface area (Å²) in [5.41, 5.74) is -1.30. The number of aliphatic carboxylic acids is 1. The first-order valence-electron chi connectivity index (χ1n) is 6.69. The van der Waals surface area contributed by atoms with Gasteiger partial charge in [-0.1, -0.05) is 18.2 Å². The predicted octanol–water partition coefficient (Wildman–Crippen LogP) is 3.11. The van der Waals surface area contributed by atoms with Gasteiger partial charge in [0.1, 0.15) is 5.82 Å². The van der Waals surface area contributed by atoms with E-state index < -0.39 is 29.2 Å².